The molecule has 0 aliphatic heterocycles. The minimum absolute atomic E-state index is 0.122. The molecule has 0 atom stereocenters. The van der Waals surface area contributed by atoms with E-state index in [4.69, 9.17) is 9.47 Å². The molecule has 1 aliphatic rings. The zero-order valence-corrected chi connectivity index (χ0v) is 11.6. The summed E-state index contributed by atoms with van der Waals surface area (Å²) in [6, 6.07) is 5.91. The van der Waals surface area contributed by atoms with Crippen molar-refractivity contribution in [2.75, 3.05) is 25.1 Å². The minimum Gasteiger partial charge on any atom is -0.454 e. The first-order chi connectivity index (χ1) is 9.69. The molecule has 108 valence electrons. The molecule has 5 heteroatoms. The summed E-state index contributed by atoms with van der Waals surface area (Å²) in [4.78, 5) is 22.8. The van der Waals surface area contributed by atoms with Crippen molar-refractivity contribution in [3.05, 3.63) is 29.3 Å². The van der Waals surface area contributed by atoms with Crippen LogP contribution in [0.1, 0.15) is 24.5 Å². The Morgan fingerprint density at radius 2 is 2.00 bits per heavy atom. The van der Waals surface area contributed by atoms with E-state index in [1.807, 2.05) is 18.2 Å². The Labute approximate surface area is 118 Å². The predicted molar refractivity (Wildman–Crippen MR) is 74.5 cm³/mol. The Hall–Kier alpha value is -1.88. The van der Waals surface area contributed by atoms with Gasteiger partial charge in [0.1, 0.15) is 6.61 Å². The van der Waals surface area contributed by atoms with E-state index in [2.05, 4.69) is 5.32 Å². The van der Waals surface area contributed by atoms with Gasteiger partial charge in [-0.15, -0.1) is 0 Å². The van der Waals surface area contributed by atoms with Gasteiger partial charge in [0.25, 0.3) is 5.91 Å². The van der Waals surface area contributed by atoms with Crippen molar-refractivity contribution in [1.82, 2.24) is 0 Å². The van der Waals surface area contributed by atoms with E-state index in [1.165, 1.54) is 17.5 Å². The number of nitrogens with one attached hydrogen (secondary N) is 1. The van der Waals surface area contributed by atoms with Crippen molar-refractivity contribution >= 4 is 17.6 Å². The summed E-state index contributed by atoms with van der Waals surface area (Å²) in [5.41, 5.74) is 3.39. The number of hydrogen-bond acceptors (Lipinski definition) is 4. The van der Waals surface area contributed by atoms with Crippen molar-refractivity contribution < 1.29 is 19.1 Å². The second-order valence-electron chi connectivity index (χ2n) is 4.68. The van der Waals surface area contributed by atoms with E-state index in [9.17, 15) is 9.59 Å². The molecule has 0 saturated heterocycles. The summed E-state index contributed by atoms with van der Waals surface area (Å²) in [7, 11) is 0. The Kier molecular flexibility index (Phi) is 5.12. The van der Waals surface area contributed by atoms with E-state index in [1.54, 1.807) is 6.92 Å². The third kappa shape index (κ3) is 4.06. The molecule has 0 fully saturated rings. The summed E-state index contributed by atoms with van der Waals surface area (Å²) < 4.78 is 9.68. The maximum absolute atomic E-state index is 11.7. The Morgan fingerprint density at radius 3 is 2.80 bits per heavy atom. The second-order valence-corrected chi connectivity index (χ2v) is 4.68. The van der Waals surface area contributed by atoms with Gasteiger partial charge in [0.05, 0.1) is 0 Å². The van der Waals surface area contributed by atoms with Crippen molar-refractivity contribution in [2.45, 2.75) is 26.2 Å². The molecule has 0 spiro atoms. The van der Waals surface area contributed by atoms with Crippen LogP contribution in [0.5, 0.6) is 0 Å². The third-order valence-corrected chi connectivity index (χ3v) is 3.17. The number of anilines is 1. The molecule has 1 amide bonds. The molecule has 1 aromatic carbocycles. The number of ether oxygens (including phenoxy) is 2. The monoisotopic (exact) mass is 277 g/mol. The second kappa shape index (κ2) is 7.05. The highest BCUT2D eigenvalue weighted by molar-refractivity contribution is 5.93. The quantitative estimate of drug-likeness (QED) is 0.804. The molecule has 0 saturated carbocycles. The molecule has 5 nitrogen and oxygen atoms in total. The molecule has 2 rings (SSSR count). The SMILES string of the molecule is CCOCC(=O)OCC(=O)Nc1ccc2c(c1)CCC2. The topological polar surface area (TPSA) is 64.6 Å². The van der Waals surface area contributed by atoms with Crippen molar-refractivity contribution in [1.29, 1.82) is 0 Å². The molecule has 0 radical (unpaired) electrons. The lowest BCUT2D eigenvalue weighted by molar-refractivity contribution is -0.151. The van der Waals surface area contributed by atoms with Gasteiger partial charge in [-0.2, -0.15) is 0 Å². The lowest BCUT2D eigenvalue weighted by atomic mass is 10.1. The summed E-state index contributed by atoms with van der Waals surface area (Å²) >= 11 is 0. The zero-order valence-electron chi connectivity index (χ0n) is 11.6. The number of amides is 1. The normalized spacial score (nSPS) is 12.8. The molecule has 1 aliphatic carbocycles. The van der Waals surface area contributed by atoms with E-state index >= 15 is 0 Å². The largest absolute Gasteiger partial charge is 0.454 e. The molecule has 0 heterocycles. The van der Waals surface area contributed by atoms with Gasteiger partial charge in [0.15, 0.2) is 6.61 Å². The smallest absolute Gasteiger partial charge is 0.332 e. The number of carbonyl (C=O) groups excluding carboxylic acids is 2. The van der Waals surface area contributed by atoms with Gasteiger partial charge in [-0.05, 0) is 49.4 Å². The number of aryl methyl sites for hydroxylation is 2. The molecule has 0 bridgehead atoms. The van der Waals surface area contributed by atoms with Gasteiger partial charge in [-0.3, -0.25) is 4.79 Å². The third-order valence-electron chi connectivity index (χ3n) is 3.17. The number of rotatable bonds is 6. The van der Waals surface area contributed by atoms with Crippen LogP contribution in [0.2, 0.25) is 0 Å². The van der Waals surface area contributed by atoms with Crippen molar-refractivity contribution in [2.24, 2.45) is 0 Å². The number of carbonyl (C=O) groups is 2. The predicted octanol–water partition coefficient (Wildman–Crippen LogP) is 1.69. The lowest BCUT2D eigenvalue weighted by Gasteiger charge is -2.08. The van der Waals surface area contributed by atoms with Gasteiger partial charge in [0, 0.05) is 12.3 Å². The molecular formula is C15H19NO4. The van der Waals surface area contributed by atoms with Crippen LogP contribution >= 0.6 is 0 Å². The fourth-order valence-electron chi connectivity index (χ4n) is 2.22. The van der Waals surface area contributed by atoms with Gasteiger partial charge < -0.3 is 14.8 Å². The van der Waals surface area contributed by atoms with Crippen LogP contribution in [-0.4, -0.2) is 31.7 Å². The first-order valence-corrected chi connectivity index (χ1v) is 6.84. The van der Waals surface area contributed by atoms with E-state index in [0.717, 1.165) is 18.5 Å². The van der Waals surface area contributed by atoms with Crippen molar-refractivity contribution in [3.8, 4) is 0 Å². The number of hydrogen-bond donors (Lipinski definition) is 1. The highest BCUT2D eigenvalue weighted by Crippen LogP contribution is 2.24. The van der Waals surface area contributed by atoms with E-state index in [-0.39, 0.29) is 19.1 Å². The van der Waals surface area contributed by atoms with E-state index in [0.29, 0.717) is 6.61 Å². The van der Waals surface area contributed by atoms with Crippen molar-refractivity contribution in [3.63, 3.8) is 0 Å². The summed E-state index contributed by atoms with van der Waals surface area (Å²) in [5, 5.41) is 2.73. The molecule has 1 N–H and O–H groups in total. The maximum Gasteiger partial charge on any atom is 0.332 e. The molecule has 0 aromatic heterocycles. The summed E-state index contributed by atoms with van der Waals surface area (Å²) in [6.45, 7) is 1.82. The van der Waals surface area contributed by atoms with Gasteiger partial charge in [-0.1, -0.05) is 6.07 Å². The Bertz CT molecular complexity index is 499. The Morgan fingerprint density at radius 1 is 1.20 bits per heavy atom. The molecule has 0 unspecified atom stereocenters. The standard InChI is InChI=1S/C15H19NO4/c1-2-19-10-15(18)20-9-14(17)16-13-7-6-11-4-3-5-12(11)8-13/h6-8H,2-5,9-10H2,1H3,(H,16,17). The van der Waals surface area contributed by atoms with Crippen LogP contribution in [0.3, 0.4) is 0 Å². The number of fused-ring (bicyclic) bond motifs is 1. The fourth-order valence-corrected chi connectivity index (χ4v) is 2.22. The van der Waals surface area contributed by atoms with Gasteiger partial charge in [-0.25, -0.2) is 4.79 Å². The van der Waals surface area contributed by atoms with Crippen LogP contribution in [0.25, 0.3) is 0 Å². The molecule has 20 heavy (non-hydrogen) atoms. The average molecular weight is 277 g/mol. The zero-order chi connectivity index (χ0) is 14.4. The Balaban J connectivity index is 1.78. The maximum atomic E-state index is 11.7. The minimum atomic E-state index is -0.532. The number of benzene rings is 1. The average Bonchev–Trinajstić information content (AvgIpc) is 2.90. The van der Waals surface area contributed by atoms with Crippen LogP contribution in [0.15, 0.2) is 18.2 Å². The molecule has 1 aromatic rings. The first-order valence-electron chi connectivity index (χ1n) is 6.84. The van der Waals surface area contributed by atoms with Crippen LogP contribution in [-0.2, 0) is 31.9 Å². The van der Waals surface area contributed by atoms with Gasteiger partial charge in [0.2, 0.25) is 0 Å². The number of esters is 1. The van der Waals surface area contributed by atoms with Crippen LogP contribution in [0.4, 0.5) is 5.69 Å². The van der Waals surface area contributed by atoms with Gasteiger partial charge >= 0.3 is 5.97 Å². The lowest BCUT2D eigenvalue weighted by Crippen LogP contribution is -2.22. The highest BCUT2D eigenvalue weighted by atomic mass is 16.6. The van der Waals surface area contributed by atoms with E-state index < -0.39 is 5.97 Å². The highest BCUT2D eigenvalue weighted by Gasteiger charge is 2.12. The fraction of sp³-hybridized carbons (Fsp3) is 0.467. The van der Waals surface area contributed by atoms with Crippen LogP contribution in [0, 0.1) is 0 Å². The first kappa shape index (κ1) is 14.5. The summed E-state index contributed by atoms with van der Waals surface area (Å²) in [5.74, 6) is -0.872. The molecular weight excluding hydrogens is 258 g/mol. The summed E-state index contributed by atoms with van der Waals surface area (Å²) in [6.07, 6.45) is 3.34. The van der Waals surface area contributed by atoms with Crippen LogP contribution < -0.4 is 5.32 Å².